The molecule has 0 amide bonds. The maximum absolute atomic E-state index is 12.0. The zero-order valence-corrected chi connectivity index (χ0v) is 13.1. The lowest BCUT2D eigenvalue weighted by molar-refractivity contribution is -0.141. The Kier molecular flexibility index (Phi) is 6.17. The van der Waals surface area contributed by atoms with E-state index in [1.807, 2.05) is 13.8 Å². The van der Waals surface area contributed by atoms with Gasteiger partial charge < -0.3 is 15.2 Å². The number of carbonyl (C=O) groups is 1. The number of rotatable bonds is 7. The lowest BCUT2D eigenvalue weighted by Gasteiger charge is -2.24. The molecule has 0 radical (unpaired) electrons. The van der Waals surface area contributed by atoms with Crippen LogP contribution >= 0.6 is 11.6 Å². The Morgan fingerprint density at radius 1 is 1.57 bits per heavy atom. The lowest BCUT2D eigenvalue weighted by Crippen LogP contribution is -2.29. The van der Waals surface area contributed by atoms with E-state index in [-0.39, 0.29) is 23.6 Å². The van der Waals surface area contributed by atoms with E-state index >= 15 is 0 Å². The lowest BCUT2D eigenvalue weighted by atomic mass is 9.90. The number of esters is 1. The summed E-state index contributed by atoms with van der Waals surface area (Å²) in [7, 11) is 1.23. The van der Waals surface area contributed by atoms with Crippen LogP contribution < -0.4 is 10.9 Å². The number of hydrogen-bond acceptors (Lipinski definition) is 6. The molecule has 0 aromatic carbocycles. The van der Waals surface area contributed by atoms with Crippen molar-refractivity contribution in [1.29, 1.82) is 0 Å². The van der Waals surface area contributed by atoms with Gasteiger partial charge in [-0.25, -0.2) is 4.68 Å². The number of aliphatic hydroxyl groups excluding tert-OH is 1. The molecule has 0 spiro atoms. The van der Waals surface area contributed by atoms with Crippen molar-refractivity contribution in [2.24, 2.45) is 5.41 Å². The maximum Gasteiger partial charge on any atom is 0.327 e. The van der Waals surface area contributed by atoms with Crippen molar-refractivity contribution in [2.75, 3.05) is 25.6 Å². The van der Waals surface area contributed by atoms with Gasteiger partial charge in [-0.05, 0) is 11.8 Å². The number of aliphatic hydroxyl groups is 1. The third-order valence-corrected chi connectivity index (χ3v) is 3.40. The first-order valence-electron chi connectivity index (χ1n) is 6.48. The number of methoxy groups -OCH3 is 1. The number of carbonyl (C=O) groups excluding carboxylic acids is 1. The third-order valence-electron chi connectivity index (χ3n) is 3.04. The first kappa shape index (κ1) is 17.5. The van der Waals surface area contributed by atoms with Crippen LogP contribution in [-0.2, 0) is 16.1 Å². The van der Waals surface area contributed by atoms with Crippen molar-refractivity contribution in [3.8, 4) is 0 Å². The molecule has 0 saturated heterocycles. The van der Waals surface area contributed by atoms with E-state index in [0.717, 1.165) is 4.68 Å². The molecule has 0 aliphatic carbocycles. The van der Waals surface area contributed by atoms with Crippen LogP contribution in [0.2, 0.25) is 5.02 Å². The van der Waals surface area contributed by atoms with Gasteiger partial charge in [0, 0.05) is 13.2 Å². The summed E-state index contributed by atoms with van der Waals surface area (Å²) in [5.41, 5.74) is -0.320. The standard InChI is InChI=1S/C13H20ClN3O4/c1-13(2,4-5-18)8-15-9-6-16-17(7-10(19)21-3)12(20)11(9)14/h6,15,18H,4-5,7-8H2,1-3H3. The van der Waals surface area contributed by atoms with Crippen LogP contribution in [0.1, 0.15) is 20.3 Å². The Hall–Kier alpha value is -1.60. The Morgan fingerprint density at radius 2 is 2.24 bits per heavy atom. The smallest absolute Gasteiger partial charge is 0.327 e. The summed E-state index contributed by atoms with van der Waals surface area (Å²) in [6.45, 7) is 4.29. The fraction of sp³-hybridized carbons (Fsp3) is 0.615. The fourth-order valence-electron chi connectivity index (χ4n) is 1.61. The number of aromatic nitrogens is 2. The highest BCUT2D eigenvalue weighted by Crippen LogP contribution is 2.22. The fourth-order valence-corrected chi connectivity index (χ4v) is 1.83. The summed E-state index contributed by atoms with van der Waals surface area (Å²) in [5, 5.41) is 15.9. The molecule has 118 valence electrons. The molecule has 1 heterocycles. The molecule has 1 rings (SSSR count). The molecule has 8 heteroatoms. The second-order valence-corrected chi connectivity index (χ2v) is 5.78. The third kappa shape index (κ3) is 5.02. The van der Waals surface area contributed by atoms with Gasteiger partial charge in [0.05, 0.1) is 19.0 Å². The average molecular weight is 318 g/mol. The number of ether oxygens (including phenoxy) is 1. The summed E-state index contributed by atoms with van der Waals surface area (Å²) in [4.78, 5) is 23.1. The van der Waals surface area contributed by atoms with Crippen LogP contribution in [0, 0.1) is 5.41 Å². The Bertz CT molecular complexity index is 557. The zero-order valence-electron chi connectivity index (χ0n) is 12.4. The van der Waals surface area contributed by atoms with E-state index in [0.29, 0.717) is 18.7 Å². The average Bonchev–Trinajstić information content (AvgIpc) is 2.42. The van der Waals surface area contributed by atoms with Crippen LogP contribution in [0.15, 0.2) is 11.0 Å². The molecular formula is C13H20ClN3O4. The topological polar surface area (TPSA) is 93.5 Å². The van der Waals surface area contributed by atoms with Crippen LogP contribution in [0.5, 0.6) is 0 Å². The monoisotopic (exact) mass is 317 g/mol. The van der Waals surface area contributed by atoms with Crippen LogP contribution in [0.4, 0.5) is 5.69 Å². The second-order valence-electron chi connectivity index (χ2n) is 5.40. The minimum absolute atomic E-state index is 0.0336. The van der Waals surface area contributed by atoms with Gasteiger partial charge in [0.15, 0.2) is 0 Å². The molecule has 21 heavy (non-hydrogen) atoms. The van der Waals surface area contributed by atoms with Crippen molar-refractivity contribution in [2.45, 2.75) is 26.8 Å². The molecule has 0 atom stereocenters. The molecule has 1 aromatic rings. The van der Waals surface area contributed by atoms with Gasteiger partial charge in [0.25, 0.3) is 5.56 Å². The van der Waals surface area contributed by atoms with Gasteiger partial charge in [-0.15, -0.1) is 0 Å². The minimum Gasteiger partial charge on any atom is -0.468 e. The predicted molar refractivity (Wildman–Crippen MR) is 79.5 cm³/mol. The van der Waals surface area contributed by atoms with Crippen LogP contribution in [-0.4, -0.2) is 41.1 Å². The number of nitrogens with one attached hydrogen (secondary N) is 1. The first-order valence-corrected chi connectivity index (χ1v) is 6.85. The summed E-state index contributed by atoms with van der Waals surface area (Å²) in [6, 6.07) is 0. The summed E-state index contributed by atoms with van der Waals surface area (Å²) >= 11 is 5.99. The van der Waals surface area contributed by atoms with Gasteiger partial charge in [0.1, 0.15) is 11.6 Å². The molecule has 2 N–H and O–H groups in total. The minimum atomic E-state index is -0.578. The van der Waals surface area contributed by atoms with E-state index in [9.17, 15) is 9.59 Å². The molecule has 0 bridgehead atoms. The summed E-state index contributed by atoms with van der Waals surface area (Å²) in [6.07, 6.45) is 2.01. The van der Waals surface area contributed by atoms with Gasteiger partial charge in [0.2, 0.25) is 0 Å². The van der Waals surface area contributed by atoms with Crippen molar-refractivity contribution < 1.29 is 14.6 Å². The van der Waals surface area contributed by atoms with Crippen molar-refractivity contribution >= 4 is 23.3 Å². The Labute approximate surface area is 127 Å². The molecule has 0 fully saturated rings. The number of hydrogen-bond donors (Lipinski definition) is 2. The second kappa shape index (κ2) is 7.42. The highest BCUT2D eigenvalue weighted by atomic mass is 35.5. The number of nitrogens with zero attached hydrogens (tertiary/aromatic N) is 2. The number of anilines is 1. The predicted octanol–water partition coefficient (Wildman–Crippen LogP) is 0.890. The molecule has 0 saturated carbocycles. The molecule has 0 unspecified atom stereocenters. The van der Waals surface area contributed by atoms with Gasteiger partial charge >= 0.3 is 5.97 Å². The van der Waals surface area contributed by atoms with Crippen LogP contribution in [0.25, 0.3) is 0 Å². The van der Waals surface area contributed by atoms with Crippen LogP contribution in [0.3, 0.4) is 0 Å². The summed E-state index contributed by atoms with van der Waals surface area (Å²) in [5.74, 6) is -0.578. The van der Waals surface area contributed by atoms with E-state index in [2.05, 4.69) is 15.2 Å². The zero-order chi connectivity index (χ0) is 16.0. The van der Waals surface area contributed by atoms with E-state index in [1.165, 1.54) is 13.3 Å². The van der Waals surface area contributed by atoms with Crippen molar-refractivity contribution in [3.05, 3.63) is 21.6 Å². The molecule has 0 aliphatic rings. The van der Waals surface area contributed by atoms with Crippen molar-refractivity contribution in [1.82, 2.24) is 9.78 Å². The van der Waals surface area contributed by atoms with Gasteiger partial charge in [-0.1, -0.05) is 25.4 Å². The highest BCUT2D eigenvalue weighted by Gasteiger charge is 2.18. The molecule has 1 aromatic heterocycles. The quantitative estimate of drug-likeness (QED) is 0.725. The van der Waals surface area contributed by atoms with E-state index in [1.54, 1.807) is 0 Å². The van der Waals surface area contributed by atoms with Crippen molar-refractivity contribution in [3.63, 3.8) is 0 Å². The maximum atomic E-state index is 12.0. The first-order chi connectivity index (χ1) is 9.80. The molecular weight excluding hydrogens is 298 g/mol. The highest BCUT2D eigenvalue weighted by molar-refractivity contribution is 6.32. The van der Waals surface area contributed by atoms with E-state index < -0.39 is 11.5 Å². The molecule has 7 nitrogen and oxygen atoms in total. The Morgan fingerprint density at radius 3 is 2.81 bits per heavy atom. The van der Waals surface area contributed by atoms with Gasteiger partial charge in [-0.2, -0.15) is 5.10 Å². The number of halogens is 1. The van der Waals surface area contributed by atoms with E-state index in [4.69, 9.17) is 16.7 Å². The Balaban J connectivity index is 2.85. The molecule has 0 aliphatic heterocycles. The largest absolute Gasteiger partial charge is 0.468 e. The van der Waals surface area contributed by atoms with Gasteiger partial charge in [-0.3, -0.25) is 9.59 Å². The SMILES string of the molecule is COC(=O)Cn1ncc(NCC(C)(C)CCO)c(Cl)c1=O. The normalized spacial score (nSPS) is 11.3. The summed E-state index contributed by atoms with van der Waals surface area (Å²) < 4.78 is 5.42.